The van der Waals surface area contributed by atoms with E-state index in [-0.39, 0.29) is 5.56 Å². The summed E-state index contributed by atoms with van der Waals surface area (Å²) >= 11 is 0. The van der Waals surface area contributed by atoms with Gasteiger partial charge in [0.2, 0.25) is 0 Å². The number of aryl methyl sites for hydroxylation is 1. The second kappa shape index (κ2) is 5.86. The SMILES string of the molecule is COCCCCn1ccc(C(=O)C(F)(F)F)c1. The average Bonchev–Trinajstić information content (AvgIpc) is 2.70. The van der Waals surface area contributed by atoms with Crippen LogP contribution < -0.4 is 0 Å². The normalized spacial score (nSPS) is 11.8. The molecule has 0 fully saturated rings. The molecular weight excluding hydrogens is 235 g/mol. The van der Waals surface area contributed by atoms with Crippen LogP contribution in [0.1, 0.15) is 23.2 Å². The van der Waals surface area contributed by atoms with E-state index in [0.29, 0.717) is 13.2 Å². The van der Waals surface area contributed by atoms with Crippen molar-refractivity contribution in [3.8, 4) is 0 Å². The van der Waals surface area contributed by atoms with Gasteiger partial charge in [0.15, 0.2) is 0 Å². The van der Waals surface area contributed by atoms with Gasteiger partial charge in [-0.05, 0) is 18.9 Å². The molecule has 1 aromatic heterocycles. The Kier molecular flexibility index (Phi) is 4.74. The number of ether oxygens (including phenoxy) is 1. The molecule has 0 aliphatic heterocycles. The minimum absolute atomic E-state index is 0.316. The molecule has 0 saturated heterocycles. The first-order valence-electron chi connectivity index (χ1n) is 5.21. The van der Waals surface area contributed by atoms with Crippen LogP contribution in [-0.2, 0) is 11.3 Å². The van der Waals surface area contributed by atoms with E-state index in [4.69, 9.17) is 4.74 Å². The predicted molar refractivity (Wildman–Crippen MR) is 55.9 cm³/mol. The predicted octanol–water partition coefficient (Wildman–Crippen LogP) is 2.66. The molecule has 17 heavy (non-hydrogen) atoms. The van der Waals surface area contributed by atoms with Gasteiger partial charge in [-0.2, -0.15) is 13.2 Å². The Morgan fingerprint density at radius 2 is 2.12 bits per heavy atom. The van der Waals surface area contributed by atoms with Crippen molar-refractivity contribution in [3.05, 3.63) is 24.0 Å². The molecule has 1 aromatic rings. The highest BCUT2D eigenvalue weighted by Crippen LogP contribution is 2.21. The van der Waals surface area contributed by atoms with Crippen molar-refractivity contribution < 1.29 is 22.7 Å². The Balaban J connectivity index is 2.51. The lowest BCUT2D eigenvalue weighted by Crippen LogP contribution is -2.22. The van der Waals surface area contributed by atoms with Gasteiger partial charge in [-0.25, -0.2) is 0 Å². The lowest BCUT2D eigenvalue weighted by molar-refractivity contribution is -0.0885. The summed E-state index contributed by atoms with van der Waals surface area (Å²) in [4.78, 5) is 10.9. The van der Waals surface area contributed by atoms with Crippen molar-refractivity contribution in [3.63, 3.8) is 0 Å². The van der Waals surface area contributed by atoms with E-state index in [1.807, 2.05) is 0 Å². The van der Waals surface area contributed by atoms with Gasteiger partial charge in [0.05, 0.1) is 0 Å². The van der Waals surface area contributed by atoms with E-state index in [1.165, 1.54) is 18.5 Å². The van der Waals surface area contributed by atoms with E-state index in [9.17, 15) is 18.0 Å². The minimum atomic E-state index is -4.80. The molecule has 0 unspecified atom stereocenters. The van der Waals surface area contributed by atoms with Gasteiger partial charge in [0.25, 0.3) is 5.78 Å². The van der Waals surface area contributed by atoms with Crippen molar-refractivity contribution in [1.29, 1.82) is 0 Å². The summed E-state index contributed by atoms with van der Waals surface area (Å²) in [5.41, 5.74) is -0.316. The molecule has 0 saturated carbocycles. The minimum Gasteiger partial charge on any atom is -0.385 e. The fourth-order valence-electron chi connectivity index (χ4n) is 1.42. The van der Waals surface area contributed by atoms with Crippen LogP contribution in [0.15, 0.2) is 18.5 Å². The quantitative estimate of drug-likeness (QED) is 0.573. The molecule has 0 atom stereocenters. The zero-order valence-electron chi connectivity index (χ0n) is 9.46. The summed E-state index contributed by atoms with van der Waals surface area (Å²) in [5.74, 6) is -1.80. The molecule has 0 amide bonds. The number of ketones is 1. The number of aromatic nitrogens is 1. The fraction of sp³-hybridized carbons (Fsp3) is 0.545. The van der Waals surface area contributed by atoms with Gasteiger partial charge in [-0.1, -0.05) is 0 Å². The number of Topliss-reactive ketones (excluding diaryl/α,β-unsaturated/α-hetero) is 1. The summed E-state index contributed by atoms with van der Waals surface area (Å²) < 4.78 is 42.8. The molecule has 0 bridgehead atoms. The van der Waals surface area contributed by atoms with Crippen LogP contribution in [0.3, 0.4) is 0 Å². The fourth-order valence-corrected chi connectivity index (χ4v) is 1.42. The molecular formula is C11H14F3NO2. The third-order valence-corrected chi connectivity index (χ3v) is 2.28. The summed E-state index contributed by atoms with van der Waals surface area (Å²) in [7, 11) is 1.59. The van der Waals surface area contributed by atoms with Gasteiger partial charge in [-0.15, -0.1) is 0 Å². The first kappa shape index (κ1) is 13.8. The van der Waals surface area contributed by atoms with E-state index in [2.05, 4.69) is 0 Å². The zero-order valence-corrected chi connectivity index (χ0v) is 9.46. The standard InChI is InChI=1S/C11H14F3NO2/c1-17-7-3-2-5-15-6-4-9(8-15)10(16)11(12,13)14/h4,6,8H,2-3,5,7H2,1H3. The van der Waals surface area contributed by atoms with Crippen LogP contribution in [0.4, 0.5) is 13.2 Å². The Morgan fingerprint density at radius 3 is 2.71 bits per heavy atom. The number of hydrogen-bond acceptors (Lipinski definition) is 2. The summed E-state index contributed by atoms with van der Waals surface area (Å²) in [6.07, 6.45) is -0.476. The largest absolute Gasteiger partial charge is 0.454 e. The van der Waals surface area contributed by atoms with Crippen molar-refractivity contribution in [1.82, 2.24) is 4.57 Å². The van der Waals surface area contributed by atoms with Gasteiger partial charge in [-0.3, -0.25) is 4.79 Å². The number of alkyl halides is 3. The highest BCUT2D eigenvalue weighted by molar-refractivity contribution is 6.00. The van der Waals surface area contributed by atoms with E-state index in [1.54, 1.807) is 11.7 Å². The van der Waals surface area contributed by atoms with Crippen LogP contribution in [0, 0.1) is 0 Å². The summed E-state index contributed by atoms with van der Waals surface area (Å²) in [5, 5.41) is 0. The second-order valence-corrected chi connectivity index (χ2v) is 3.66. The van der Waals surface area contributed by atoms with Crippen molar-refractivity contribution in [2.75, 3.05) is 13.7 Å². The number of carbonyl (C=O) groups is 1. The Labute approximate surface area is 97.2 Å². The van der Waals surface area contributed by atoms with Gasteiger partial charge >= 0.3 is 6.18 Å². The maximum Gasteiger partial charge on any atom is 0.454 e. The van der Waals surface area contributed by atoms with Gasteiger partial charge < -0.3 is 9.30 Å². The van der Waals surface area contributed by atoms with Crippen molar-refractivity contribution >= 4 is 5.78 Å². The molecule has 1 heterocycles. The number of rotatable bonds is 6. The highest BCUT2D eigenvalue weighted by atomic mass is 19.4. The lowest BCUT2D eigenvalue weighted by Gasteiger charge is -2.03. The molecule has 1 rings (SSSR count). The topological polar surface area (TPSA) is 31.2 Å². The molecule has 0 aliphatic rings. The Bertz CT molecular complexity index is 371. The first-order chi connectivity index (χ1) is 7.95. The molecule has 3 nitrogen and oxygen atoms in total. The van der Waals surface area contributed by atoms with Crippen LogP contribution >= 0.6 is 0 Å². The molecule has 0 aromatic carbocycles. The second-order valence-electron chi connectivity index (χ2n) is 3.66. The number of halogens is 3. The van der Waals surface area contributed by atoms with Crippen LogP contribution in [0.25, 0.3) is 0 Å². The molecule has 6 heteroatoms. The number of carbonyl (C=O) groups excluding carboxylic acids is 1. The third kappa shape index (κ3) is 4.22. The van der Waals surface area contributed by atoms with Crippen molar-refractivity contribution in [2.45, 2.75) is 25.6 Å². The monoisotopic (exact) mass is 249 g/mol. The van der Waals surface area contributed by atoms with Crippen LogP contribution in [-0.4, -0.2) is 30.2 Å². The highest BCUT2D eigenvalue weighted by Gasteiger charge is 2.39. The average molecular weight is 249 g/mol. The Hall–Kier alpha value is -1.30. The molecule has 0 radical (unpaired) electrons. The summed E-state index contributed by atoms with van der Waals surface area (Å²) in [6, 6.07) is 1.19. The zero-order chi connectivity index (χ0) is 12.9. The maximum absolute atomic E-state index is 12.1. The van der Waals surface area contributed by atoms with E-state index in [0.717, 1.165) is 12.8 Å². The third-order valence-electron chi connectivity index (χ3n) is 2.28. The first-order valence-corrected chi connectivity index (χ1v) is 5.21. The number of unbranched alkanes of at least 4 members (excludes halogenated alkanes) is 1. The molecule has 0 aliphatic carbocycles. The maximum atomic E-state index is 12.1. The number of nitrogens with zero attached hydrogens (tertiary/aromatic N) is 1. The smallest absolute Gasteiger partial charge is 0.385 e. The van der Waals surface area contributed by atoms with Crippen LogP contribution in [0.5, 0.6) is 0 Å². The number of methoxy groups -OCH3 is 1. The lowest BCUT2D eigenvalue weighted by atomic mass is 10.2. The molecule has 0 spiro atoms. The molecule has 96 valence electrons. The van der Waals surface area contributed by atoms with E-state index >= 15 is 0 Å². The van der Waals surface area contributed by atoms with Crippen molar-refractivity contribution in [2.24, 2.45) is 0 Å². The van der Waals surface area contributed by atoms with E-state index < -0.39 is 12.0 Å². The van der Waals surface area contributed by atoms with Gasteiger partial charge in [0.1, 0.15) is 0 Å². The Morgan fingerprint density at radius 1 is 1.41 bits per heavy atom. The summed E-state index contributed by atoms with van der Waals surface area (Å²) in [6.45, 7) is 1.20. The van der Waals surface area contributed by atoms with Crippen LogP contribution in [0.2, 0.25) is 0 Å². The number of hydrogen-bond donors (Lipinski definition) is 0. The molecule has 0 N–H and O–H groups in total. The van der Waals surface area contributed by atoms with Gasteiger partial charge in [0, 0.05) is 38.2 Å².